The lowest BCUT2D eigenvalue weighted by atomic mass is 10.1. The summed E-state index contributed by atoms with van der Waals surface area (Å²) in [6.07, 6.45) is 8.19. The van der Waals surface area contributed by atoms with Crippen LogP contribution in [0.1, 0.15) is 32.1 Å². The Morgan fingerprint density at radius 1 is 1.26 bits per heavy atom. The number of piperidine rings is 1. The first kappa shape index (κ1) is 14.4. The summed E-state index contributed by atoms with van der Waals surface area (Å²) in [4.78, 5) is 13.9. The second-order valence-corrected chi connectivity index (χ2v) is 7.45. The topological polar surface area (TPSA) is 66.5 Å². The van der Waals surface area contributed by atoms with Gasteiger partial charge >= 0.3 is 6.03 Å². The number of nitrogens with zero attached hydrogens (tertiary/aromatic N) is 1. The summed E-state index contributed by atoms with van der Waals surface area (Å²) >= 11 is 0. The van der Waals surface area contributed by atoms with Crippen molar-refractivity contribution in [3.05, 3.63) is 11.5 Å². The molecule has 1 N–H and O–H groups in total. The number of sulfone groups is 1. The molecule has 0 unspecified atom stereocenters. The molecule has 2 fully saturated rings. The monoisotopic (exact) mass is 286 g/mol. The van der Waals surface area contributed by atoms with Gasteiger partial charge in [0, 0.05) is 24.8 Å². The molecule has 1 aliphatic carbocycles. The number of carbonyl (C=O) groups is 1. The number of likely N-dealkylation sites (tertiary alicyclic amines) is 1. The van der Waals surface area contributed by atoms with Crippen LogP contribution in [0.4, 0.5) is 4.79 Å². The fourth-order valence-corrected chi connectivity index (χ4v) is 2.79. The van der Waals surface area contributed by atoms with E-state index in [1.807, 2.05) is 4.90 Å². The largest absolute Gasteiger partial charge is 0.331 e. The molecule has 108 valence electrons. The molecule has 2 rings (SSSR count). The number of urea groups is 1. The Hall–Kier alpha value is -1.04. The summed E-state index contributed by atoms with van der Waals surface area (Å²) in [5, 5.41) is 4.16. The third-order valence-electron chi connectivity index (χ3n) is 3.60. The summed E-state index contributed by atoms with van der Waals surface area (Å²) < 4.78 is 22.3. The van der Waals surface area contributed by atoms with Gasteiger partial charge in [-0.2, -0.15) is 0 Å². The summed E-state index contributed by atoms with van der Waals surface area (Å²) in [6.45, 7) is 1.61. The average Bonchev–Trinajstić information content (AvgIpc) is 3.18. The van der Waals surface area contributed by atoms with Crippen molar-refractivity contribution in [2.75, 3.05) is 19.3 Å². The minimum absolute atomic E-state index is 0.0604. The Kier molecular flexibility index (Phi) is 4.50. The lowest BCUT2D eigenvalue weighted by molar-refractivity contribution is 0.183. The number of hydrogen-bond acceptors (Lipinski definition) is 3. The van der Waals surface area contributed by atoms with Gasteiger partial charge in [-0.3, -0.25) is 0 Å². The third-order valence-corrected chi connectivity index (χ3v) is 4.25. The van der Waals surface area contributed by atoms with Gasteiger partial charge in [0.25, 0.3) is 0 Å². The quantitative estimate of drug-likeness (QED) is 0.852. The maximum atomic E-state index is 12.1. The molecule has 1 aliphatic heterocycles. The van der Waals surface area contributed by atoms with Crippen LogP contribution in [0.15, 0.2) is 11.5 Å². The van der Waals surface area contributed by atoms with E-state index >= 15 is 0 Å². The molecule has 0 radical (unpaired) electrons. The summed E-state index contributed by atoms with van der Waals surface area (Å²) in [7, 11) is -3.13. The van der Waals surface area contributed by atoms with E-state index in [4.69, 9.17) is 0 Å². The molecule has 0 bridgehead atoms. The van der Waals surface area contributed by atoms with Crippen LogP contribution in [0.3, 0.4) is 0 Å². The number of hydrogen-bond donors (Lipinski definition) is 1. The van der Waals surface area contributed by atoms with Gasteiger partial charge in [-0.05, 0) is 38.0 Å². The van der Waals surface area contributed by atoms with Crippen LogP contribution in [0, 0.1) is 5.92 Å². The number of carbonyl (C=O) groups excluding carboxylic acids is 1. The van der Waals surface area contributed by atoms with E-state index in [9.17, 15) is 13.2 Å². The predicted octanol–water partition coefficient (Wildman–Crippen LogP) is 1.52. The van der Waals surface area contributed by atoms with E-state index in [-0.39, 0.29) is 12.1 Å². The summed E-state index contributed by atoms with van der Waals surface area (Å²) in [5.41, 5.74) is 0. The van der Waals surface area contributed by atoms with E-state index in [1.54, 1.807) is 6.08 Å². The van der Waals surface area contributed by atoms with Crippen LogP contribution in [0.25, 0.3) is 0 Å². The Morgan fingerprint density at radius 2 is 1.89 bits per heavy atom. The van der Waals surface area contributed by atoms with Gasteiger partial charge in [0.05, 0.1) is 6.04 Å². The molecule has 0 aromatic heterocycles. The molecule has 6 heteroatoms. The highest BCUT2D eigenvalue weighted by Crippen LogP contribution is 2.33. The van der Waals surface area contributed by atoms with E-state index in [0.29, 0.717) is 5.92 Å². The first-order valence-electron chi connectivity index (χ1n) is 6.89. The van der Waals surface area contributed by atoms with Gasteiger partial charge in [-0.1, -0.05) is 6.08 Å². The van der Waals surface area contributed by atoms with Crippen molar-refractivity contribution < 1.29 is 13.2 Å². The SMILES string of the molecule is CS(=O)(=O)/C=C/[C@@H](NC(=O)N1CCCCC1)C1CC1. The fourth-order valence-electron chi connectivity index (χ4n) is 2.34. The Bertz CT molecular complexity index is 449. The van der Waals surface area contributed by atoms with Crippen LogP contribution in [-0.2, 0) is 9.84 Å². The molecule has 19 heavy (non-hydrogen) atoms. The summed E-state index contributed by atoms with van der Waals surface area (Å²) in [6, 6.07) is -0.209. The van der Waals surface area contributed by atoms with E-state index in [1.165, 1.54) is 18.1 Å². The van der Waals surface area contributed by atoms with Gasteiger partial charge in [0.2, 0.25) is 0 Å². The maximum absolute atomic E-state index is 12.1. The minimum atomic E-state index is -3.13. The molecule has 1 atom stereocenters. The fraction of sp³-hybridized carbons (Fsp3) is 0.769. The van der Waals surface area contributed by atoms with Crippen molar-refractivity contribution >= 4 is 15.9 Å². The highest BCUT2D eigenvalue weighted by atomic mass is 32.2. The van der Waals surface area contributed by atoms with E-state index in [0.717, 1.165) is 38.8 Å². The lowest BCUT2D eigenvalue weighted by Gasteiger charge is -2.28. The van der Waals surface area contributed by atoms with E-state index in [2.05, 4.69) is 5.32 Å². The molecule has 0 spiro atoms. The first-order chi connectivity index (χ1) is 8.96. The number of nitrogens with one attached hydrogen (secondary N) is 1. The van der Waals surface area contributed by atoms with Crippen LogP contribution in [-0.4, -0.2) is 44.7 Å². The van der Waals surface area contributed by atoms with Crippen LogP contribution in [0.5, 0.6) is 0 Å². The molecule has 5 nitrogen and oxygen atoms in total. The second-order valence-electron chi connectivity index (χ2n) is 5.52. The second kappa shape index (κ2) is 5.94. The van der Waals surface area contributed by atoms with Crippen molar-refractivity contribution in [1.29, 1.82) is 0 Å². The summed E-state index contributed by atoms with van der Waals surface area (Å²) in [5.74, 6) is 0.395. The van der Waals surface area contributed by atoms with Crippen molar-refractivity contribution in [1.82, 2.24) is 10.2 Å². The van der Waals surface area contributed by atoms with Crippen LogP contribution in [0.2, 0.25) is 0 Å². The normalized spacial score (nSPS) is 22.5. The standard InChI is InChI=1S/C13H22N2O3S/c1-19(17,18)10-7-12(11-5-6-11)14-13(16)15-8-3-2-4-9-15/h7,10-12H,2-6,8-9H2,1H3,(H,14,16)/b10-7+/t12-/m1/s1. The van der Waals surface area contributed by atoms with Gasteiger partial charge in [-0.15, -0.1) is 0 Å². The van der Waals surface area contributed by atoms with Gasteiger partial charge in [0.1, 0.15) is 0 Å². The molecule has 1 heterocycles. The molecule has 0 aromatic rings. The average molecular weight is 286 g/mol. The van der Waals surface area contributed by atoms with Gasteiger partial charge in [0.15, 0.2) is 9.84 Å². The first-order valence-corrected chi connectivity index (χ1v) is 8.85. The van der Waals surface area contributed by atoms with Crippen molar-refractivity contribution in [2.45, 2.75) is 38.1 Å². The number of amides is 2. The zero-order valence-corrected chi connectivity index (χ0v) is 12.2. The zero-order valence-electron chi connectivity index (χ0n) is 11.3. The van der Waals surface area contributed by atoms with Crippen LogP contribution < -0.4 is 5.32 Å². The van der Waals surface area contributed by atoms with E-state index < -0.39 is 9.84 Å². The molecular formula is C13H22N2O3S. The molecule has 0 aromatic carbocycles. The highest BCUT2D eigenvalue weighted by Gasteiger charge is 2.32. The van der Waals surface area contributed by atoms with Gasteiger partial charge in [-0.25, -0.2) is 13.2 Å². The highest BCUT2D eigenvalue weighted by molar-refractivity contribution is 7.93. The molecule has 1 saturated carbocycles. The maximum Gasteiger partial charge on any atom is 0.317 e. The molecular weight excluding hydrogens is 264 g/mol. The Balaban J connectivity index is 1.92. The van der Waals surface area contributed by atoms with Crippen molar-refractivity contribution in [3.63, 3.8) is 0 Å². The molecule has 1 saturated heterocycles. The smallest absolute Gasteiger partial charge is 0.317 e. The van der Waals surface area contributed by atoms with Crippen molar-refractivity contribution in [3.8, 4) is 0 Å². The van der Waals surface area contributed by atoms with Gasteiger partial charge < -0.3 is 10.2 Å². The predicted molar refractivity (Wildman–Crippen MR) is 74.5 cm³/mol. The Morgan fingerprint density at radius 3 is 2.42 bits per heavy atom. The zero-order chi connectivity index (χ0) is 13.9. The minimum Gasteiger partial charge on any atom is -0.331 e. The molecule has 2 aliphatic rings. The van der Waals surface area contributed by atoms with Crippen LogP contribution >= 0.6 is 0 Å². The Labute approximate surface area is 115 Å². The third kappa shape index (κ3) is 4.86. The number of rotatable bonds is 4. The lowest BCUT2D eigenvalue weighted by Crippen LogP contribution is -2.47. The van der Waals surface area contributed by atoms with Crippen molar-refractivity contribution in [2.24, 2.45) is 5.92 Å². The molecule has 2 amide bonds.